The molecule has 7 nitrogen and oxygen atoms in total. The number of rotatable bonds is 5. The van der Waals surface area contributed by atoms with Crippen molar-refractivity contribution in [3.05, 3.63) is 24.3 Å². The summed E-state index contributed by atoms with van der Waals surface area (Å²) in [7, 11) is -3.50. The Bertz CT molecular complexity index is 847. The molecule has 1 amide bonds. The van der Waals surface area contributed by atoms with E-state index in [9.17, 15) is 22.8 Å². The SMILES string of the molecule is CS(=O)(=O)c1ccccc1NC(=O)COC(=O)C1C[C@@H]2CCC[C@@H](C1)C2=O. The van der Waals surface area contributed by atoms with Gasteiger partial charge in [-0.3, -0.25) is 14.4 Å². The number of ketones is 1. The summed E-state index contributed by atoms with van der Waals surface area (Å²) in [6.07, 6.45) is 4.70. The van der Waals surface area contributed by atoms with Crippen molar-refractivity contribution >= 4 is 33.2 Å². The lowest BCUT2D eigenvalue weighted by Crippen LogP contribution is -2.40. The van der Waals surface area contributed by atoms with E-state index in [1.807, 2.05) is 0 Å². The van der Waals surface area contributed by atoms with Gasteiger partial charge in [-0.05, 0) is 37.8 Å². The summed E-state index contributed by atoms with van der Waals surface area (Å²) < 4.78 is 28.7. The fourth-order valence-electron chi connectivity index (χ4n) is 4.01. The normalized spacial score (nSPS) is 24.9. The predicted octanol–water partition coefficient (Wildman–Crippen LogP) is 1.97. The number of esters is 1. The van der Waals surface area contributed by atoms with Gasteiger partial charge in [0.1, 0.15) is 5.78 Å². The molecule has 2 bridgehead atoms. The van der Waals surface area contributed by atoms with Crippen LogP contribution in [0.2, 0.25) is 0 Å². The third kappa shape index (κ3) is 4.55. The number of benzene rings is 1. The molecule has 0 aromatic heterocycles. The van der Waals surface area contributed by atoms with Gasteiger partial charge in [0.15, 0.2) is 16.4 Å². The lowest BCUT2D eigenvalue weighted by Gasteiger charge is -2.36. The summed E-state index contributed by atoms with van der Waals surface area (Å²) in [6.45, 7) is -0.489. The number of amides is 1. The number of nitrogens with one attached hydrogen (secondary N) is 1. The van der Waals surface area contributed by atoms with E-state index in [0.29, 0.717) is 12.8 Å². The van der Waals surface area contributed by atoms with Gasteiger partial charge < -0.3 is 10.1 Å². The number of para-hydroxylation sites is 1. The third-order valence-electron chi connectivity index (χ3n) is 5.29. The highest BCUT2D eigenvalue weighted by Gasteiger charge is 2.41. The molecule has 1 aromatic rings. The van der Waals surface area contributed by atoms with Crippen molar-refractivity contribution in [2.75, 3.05) is 18.2 Å². The van der Waals surface area contributed by atoms with Gasteiger partial charge in [0.25, 0.3) is 5.91 Å². The van der Waals surface area contributed by atoms with E-state index in [4.69, 9.17) is 4.74 Å². The molecule has 146 valence electrons. The molecular weight excluding hydrogens is 370 g/mol. The van der Waals surface area contributed by atoms with Gasteiger partial charge in [-0.15, -0.1) is 0 Å². The maximum Gasteiger partial charge on any atom is 0.309 e. The lowest BCUT2D eigenvalue weighted by molar-refractivity contribution is -0.155. The van der Waals surface area contributed by atoms with Crippen LogP contribution in [0.3, 0.4) is 0 Å². The van der Waals surface area contributed by atoms with Crippen molar-refractivity contribution in [2.24, 2.45) is 17.8 Å². The molecule has 2 aliphatic rings. The van der Waals surface area contributed by atoms with E-state index >= 15 is 0 Å². The van der Waals surface area contributed by atoms with Crippen molar-refractivity contribution in [3.63, 3.8) is 0 Å². The molecule has 1 aromatic carbocycles. The number of Topliss-reactive ketones (excluding diaryl/α,β-unsaturated/α-hetero) is 1. The average molecular weight is 393 g/mol. The summed E-state index contributed by atoms with van der Waals surface area (Å²) >= 11 is 0. The van der Waals surface area contributed by atoms with E-state index in [1.54, 1.807) is 12.1 Å². The molecule has 0 radical (unpaired) electrons. The summed E-state index contributed by atoms with van der Waals surface area (Å²) in [5.41, 5.74) is 0.152. The van der Waals surface area contributed by atoms with Crippen molar-refractivity contribution in [3.8, 4) is 0 Å². The number of hydrogen-bond acceptors (Lipinski definition) is 6. The minimum Gasteiger partial charge on any atom is -0.455 e. The molecule has 2 saturated carbocycles. The van der Waals surface area contributed by atoms with E-state index < -0.39 is 28.3 Å². The zero-order chi connectivity index (χ0) is 19.6. The van der Waals surface area contributed by atoms with Gasteiger partial charge >= 0.3 is 5.97 Å². The quantitative estimate of drug-likeness (QED) is 0.767. The van der Waals surface area contributed by atoms with Crippen LogP contribution in [0.15, 0.2) is 29.2 Å². The Balaban J connectivity index is 1.56. The van der Waals surface area contributed by atoms with Crippen LogP contribution >= 0.6 is 0 Å². The van der Waals surface area contributed by atoms with E-state index in [0.717, 1.165) is 25.5 Å². The summed E-state index contributed by atoms with van der Waals surface area (Å²) in [5.74, 6) is -1.29. The zero-order valence-corrected chi connectivity index (χ0v) is 16.0. The first-order valence-electron chi connectivity index (χ1n) is 9.05. The third-order valence-corrected chi connectivity index (χ3v) is 6.44. The Morgan fingerprint density at radius 3 is 2.41 bits per heavy atom. The van der Waals surface area contributed by atoms with Crippen molar-refractivity contribution in [1.29, 1.82) is 0 Å². The number of hydrogen-bond donors (Lipinski definition) is 1. The number of carbonyl (C=O) groups excluding carboxylic acids is 3. The number of sulfone groups is 1. The molecule has 2 fully saturated rings. The van der Waals surface area contributed by atoms with Gasteiger partial charge in [0, 0.05) is 18.1 Å². The summed E-state index contributed by atoms with van der Waals surface area (Å²) in [5, 5.41) is 2.47. The predicted molar refractivity (Wildman–Crippen MR) is 97.7 cm³/mol. The van der Waals surface area contributed by atoms with Crippen LogP contribution in [0.1, 0.15) is 32.1 Å². The van der Waals surface area contributed by atoms with Crippen LogP contribution in [0.5, 0.6) is 0 Å². The molecule has 2 atom stereocenters. The monoisotopic (exact) mass is 393 g/mol. The molecule has 0 spiro atoms. The fourth-order valence-corrected chi connectivity index (χ4v) is 4.85. The Labute approximate surface area is 158 Å². The highest BCUT2D eigenvalue weighted by molar-refractivity contribution is 7.90. The lowest BCUT2D eigenvalue weighted by atomic mass is 9.67. The minimum absolute atomic E-state index is 0.00305. The molecule has 3 rings (SSSR count). The Morgan fingerprint density at radius 2 is 1.78 bits per heavy atom. The summed E-state index contributed by atoms with van der Waals surface area (Å²) in [4.78, 5) is 36.5. The first kappa shape index (κ1) is 19.5. The standard InChI is InChI=1S/C19H23NO6S/c1-27(24,25)16-8-3-2-7-15(16)20-17(21)11-26-19(23)14-9-12-5-4-6-13(10-14)18(12)22/h2-3,7-8,12-14H,4-6,9-11H2,1H3,(H,20,21)/t12-,13-/m0/s1. The Morgan fingerprint density at radius 1 is 1.15 bits per heavy atom. The molecule has 0 heterocycles. The van der Waals surface area contributed by atoms with Crippen LogP contribution in [-0.4, -0.2) is 38.9 Å². The largest absolute Gasteiger partial charge is 0.455 e. The molecule has 0 unspecified atom stereocenters. The second-order valence-corrected chi connectivity index (χ2v) is 9.30. The second-order valence-electron chi connectivity index (χ2n) is 7.32. The van der Waals surface area contributed by atoms with Gasteiger partial charge in [0.2, 0.25) is 0 Å². The van der Waals surface area contributed by atoms with Gasteiger partial charge in [-0.25, -0.2) is 8.42 Å². The number of carbonyl (C=O) groups is 3. The highest BCUT2D eigenvalue weighted by Crippen LogP contribution is 2.40. The summed E-state index contributed by atoms with van der Waals surface area (Å²) in [6, 6.07) is 6.04. The second kappa shape index (κ2) is 7.80. The Kier molecular flexibility index (Phi) is 5.64. The van der Waals surface area contributed by atoms with E-state index in [-0.39, 0.29) is 34.1 Å². The highest BCUT2D eigenvalue weighted by atomic mass is 32.2. The van der Waals surface area contributed by atoms with E-state index in [1.165, 1.54) is 12.1 Å². The first-order chi connectivity index (χ1) is 12.8. The minimum atomic E-state index is -3.50. The average Bonchev–Trinajstić information content (AvgIpc) is 2.59. The van der Waals surface area contributed by atoms with Gasteiger partial charge in [-0.1, -0.05) is 18.6 Å². The molecular formula is C19H23NO6S. The van der Waals surface area contributed by atoms with Crippen LogP contribution < -0.4 is 5.32 Å². The van der Waals surface area contributed by atoms with Gasteiger partial charge in [-0.2, -0.15) is 0 Å². The molecule has 2 aliphatic carbocycles. The number of fused-ring (bicyclic) bond motifs is 2. The zero-order valence-electron chi connectivity index (χ0n) is 15.1. The smallest absolute Gasteiger partial charge is 0.309 e. The maximum atomic E-state index is 12.3. The van der Waals surface area contributed by atoms with Crippen molar-refractivity contribution in [2.45, 2.75) is 37.0 Å². The fraction of sp³-hybridized carbons (Fsp3) is 0.526. The topological polar surface area (TPSA) is 107 Å². The molecule has 0 aliphatic heterocycles. The maximum absolute atomic E-state index is 12.3. The molecule has 1 N–H and O–H groups in total. The molecule has 8 heteroatoms. The van der Waals surface area contributed by atoms with Crippen LogP contribution in [0.4, 0.5) is 5.69 Å². The number of anilines is 1. The van der Waals surface area contributed by atoms with Crippen molar-refractivity contribution in [1.82, 2.24) is 0 Å². The van der Waals surface area contributed by atoms with Crippen LogP contribution in [0, 0.1) is 17.8 Å². The first-order valence-corrected chi connectivity index (χ1v) is 10.9. The van der Waals surface area contributed by atoms with Crippen molar-refractivity contribution < 1.29 is 27.5 Å². The van der Waals surface area contributed by atoms with Gasteiger partial charge in [0.05, 0.1) is 16.5 Å². The van der Waals surface area contributed by atoms with Crippen LogP contribution in [0.25, 0.3) is 0 Å². The number of ether oxygens (including phenoxy) is 1. The van der Waals surface area contributed by atoms with E-state index in [2.05, 4.69) is 5.32 Å². The van der Waals surface area contributed by atoms with Crippen LogP contribution in [-0.2, 0) is 29.0 Å². The molecule has 27 heavy (non-hydrogen) atoms. The molecule has 0 saturated heterocycles. The Hall–Kier alpha value is -2.22.